The normalized spacial score (nSPS) is 13.7. The second-order valence-electron chi connectivity index (χ2n) is 7.02. The van der Waals surface area contributed by atoms with Crippen molar-refractivity contribution in [1.29, 1.82) is 0 Å². The number of hydrogen-bond donors (Lipinski definition) is 1. The van der Waals surface area contributed by atoms with E-state index in [1.165, 1.54) is 0 Å². The Kier molecular flexibility index (Phi) is 17.1. The van der Waals surface area contributed by atoms with Gasteiger partial charge in [-0.3, -0.25) is 9.59 Å². The Balaban J connectivity index is 1.23. The summed E-state index contributed by atoms with van der Waals surface area (Å²) < 4.78 is 21.6. The largest absolute Gasteiger partial charge is 0.379 e. The fraction of sp³-hybridized carbons (Fsp3) is 0.682. The molecule has 1 aromatic rings. The molecule has 1 saturated heterocycles. The topological polar surface area (TPSA) is 127 Å². The van der Waals surface area contributed by atoms with E-state index in [9.17, 15) is 9.59 Å². The molecule has 0 spiro atoms. The van der Waals surface area contributed by atoms with Crippen molar-refractivity contribution < 1.29 is 43.0 Å². The lowest BCUT2D eigenvalue weighted by molar-refractivity contribution is -0.460. The maximum absolute atomic E-state index is 11.8. The Morgan fingerprint density at radius 3 is 2.23 bits per heavy atom. The Morgan fingerprint density at radius 2 is 1.57 bits per heavy atom. The number of carbonyl (C=O) groups excluding carboxylic acids is 2. The summed E-state index contributed by atoms with van der Waals surface area (Å²) in [5.41, 5.74) is 0. The van der Waals surface area contributed by atoms with Crippen LogP contribution in [0.5, 0.6) is 0 Å². The molecule has 1 aliphatic heterocycles. The number of nitrogens with one attached hydrogen (secondary N) is 1. The van der Waals surface area contributed by atoms with Crippen molar-refractivity contribution in [3.8, 4) is 0 Å². The van der Waals surface area contributed by atoms with E-state index in [2.05, 4.69) is 10.3 Å². The van der Waals surface area contributed by atoms with E-state index < -0.39 is 5.97 Å². The second-order valence-corrected chi connectivity index (χ2v) is 8.14. The monoisotopic (exact) mass is 517 g/mol. The van der Waals surface area contributed by atoms with E-state index in [0.29, 0.717) is 91.2 Å². The maximum Gasteiger partial charge on any atom is 0.330 e. The number of rotatable bonds is 21. The molecule has 0 aromatic carbocycles. The van der Waals surface area contributed by atoms with Crippen LogP contribution in [0.15, 0.2) is 29.4 Å². The average molecular weight is 518 g/mol. The zero-order valence-corrected chi connectivity index (χ0v) is 20.7. The first-order valence-electron chi connectivity index (χ1n) is 11.6. The minimum atomic E-state index is -0.440. The molecule has 1 fully saturated rings. The lowest BCUT2D eigenvalue weighted by Crippen LogP contribution is -2.27. The van der Waals surface area contributed by atoms with Crippen molar-refractivity contribution >= 4 is 23.6 Å². The van der Waals surface area contributed by atoms with Crippen LogP contribution in [-0.4, -0.2) is 101 Å². The van der Waals surface area contributed by atoms with Gasteiger partial charge in [0.15, 0.2) is 0 Å². The van der Waals surface area contributed by atoms with Crippen LogP contribution >= 0.6 is 11.8 Å². The van der Waals surface area contributed by atoms with E-state index in [4.69, 9.17) is 33.5 Å². The Labute approximate surface area is 209 Å². The molecule has 1 aromatic heterocycles. The van der Waals surface area contributed by atoms with Gasteiger partial charge >= 0.3 is 5.97 Å². The minimum absolute atomic E-state index is 0.000335. The van der Waals surface area contributed by atoms with Crippen LogP contribution in [0.25, 0.3) is 0 Å². The van der Waals surface area contributed by atoms with Crippen LogP contribution in [0.3, 0.4) is 0 Å². The summed E-state index contributed by atoms with van der Waals surface area (Å²) in [6.45, 7) is 4.77. The standard InChI is InChI=1S/C22H35N3O9S/c26-20(6-19-35-21-4-1-2-7-24-21)23-8-10-29-12-14-31-16-15-30-13-11-28-9-3-5-22(27)34-25-32-17-18-33-25/h1-2,4,7H,3,5-6,8-19H2,(H,23,26). The van der Waals surface area contributed by atoms with Gasteiger partial charge in [0.25, 0.3) is 0 Å². The fourth-order valence-corrected chi connectivity index (χ4v) is 3.36. The molecule has 0 bridgehead atoms. The lowest BCUT2D eigenvalue weighted by Gasteiger charge is -2.10. The molecular formula is C22H35N3O9S. The number of carbonyl (C=O) groups is 2. The van der Waals surface area contributed by atoms with Gasteiger partial charge in [0.2, 0.25) is 5.91 Å². The molecule has 2 heterocycles. The van der Waals surface area contributed by atoms with E-state index in [0.717, 1.165) is 10.4 Å². The van der Waals surface area contributed by atoms with E-state index in [1.54, 1.807) is 18.0 Å². The zero-order chi connectivity index (χ0) is 24.8. The molecule has 13 heteroatoms. The smallest absolute Gasteiger partial charge is 0.330 e. The van der Waals surface area contributed by atoms with Crippen molar-refractivity contribution in [3.63, 3.8) is 0 Å². The SMILES string of the molecule is O=C(CCSc1ccccn1)NCCOCCOCCOCCOCCCC(=O)ON1OCCO1. The third-order valence-electron chi connectivity index (χ3n) is 4.22. The molecule has 35 heavy (non-hydrogen) atoms. The average Bonchev–Trinajstić information content (AvgIpc) is 3.37. The summed E-state index contributed by atoms with van der Waals surface area (Å²) in [6.07, 6.45) is 2.92. The van der Waals surface area contributed by atoms with Crippen LogP contribution in [0.4, 0.5) is 0 Å². The first-order valence-corrected chi connectivity index (χ1v) is 12.6. The Morgan fingerprint density at radius 1 is 0.914 bits per heavy atom. The van der Waals surface area contributed by atoms with Crippen LogP contribution in [0, 0.1) is 0 Å². The van der Waals surface area contributed by atoms with Crippen LogP contribution in [0.1, 0.15) is 19.3 Å². The van der Waals surface area contributed by atoms with Gasteiger partial charge in [0.05, 0.1) is 51.3 Å². The molecule has 1 N–H and O–H groups in total. The molecule has 1 aliphatic rings. The highest BCUT2D eigenvalue weighted by Crippen LogP contribution is 2.14. The van der Waals surface area contributed by atoms with Gasteiger partial charge in [-0.2, -0.15) is 0 Å². The zero-order valence-electron chi connectivity index (χ0n) is 19.9. The summed E-state index contributed by atoms with van der Waals surface area (Å²) >= 11 is 1.56. The molecule has 0 unspecified atom stereocenters. The number of pyridine rings is 1. The van der Waals surface area contributed by atoms with Gasteiger partial charge in [0, 0.05) is 37.9 Å². The van der Waals surface area contributed by atoms with Crippen molar-refractivity contribution in [2.45, 2.75) is 24.3 Å². The van der Waals surface area contributed by atoms with Crippen LogP contribution in [-0.2, 0) is 43.0 Å². The maximum atomic E-state index is 11.8. The fourth-order valence-electron chi connectivity index (χ4n) is 2.55. The number of hydrogen-bond acceptors (Lipinski definition) is 12. The molecule has 1 amide bonds. The summed E-state index contributed by atoms with van der Waals surface area (Å²) in [5, 5.41) is 4.48. The molecule has 0 saturated carbocycles. The molecule has 0 atom stereocenters. The van der Waals surface area contributed by atoms with Crippen molar-refractivity contribution in [1.82, 2.24) is 15.7 Å². The number of ether oxygens (including phenoxy) is 4. The first kappa shape index (κ1) is 29.4. The highest BCUT2D eigenvalue weighted by molar-refractivity contribution is 7.99. The van der Waals surface area contributed by atoms with Crippen molar-refractivity contribution in [2.75, 3.05) is 78.4 Å². The van der Waals surface area contributed by atoms with Gasteiger partial charge < -0.3 is 29.1 Å². The number of aromatic nitrogens is 1. The number of amides is 1. The molecule has 2 rings (SSSR count). The molecule has 0 radical (unpaired) electrons. The minimum Gasteiger partial charge on any atom is -0.379 e. The first-order chi connectivity index (χ1) is 17.2. The van der Waals surface area contributed by atoms with Gasteiger partial charge in [-0.15, -0.1) is 11.8 Å². The van der Waals surface area contributed by atoms with E-state index in [-0.39, 0.29) is 12.3 Å². The molecule has 198 valence electrons. The quantitative estimate of drug-likeness (QED) is 0.186. The molecular weight excluding hydrogens is 482 g/mol. The number of thioether (sulfide) groups is 1. The summed E-state index contributed by atoms with van der Waals surface area (Å²) in [4.78, 5) is 42.0. The predicted octanol–water partition coefficient (Wildman–Crippen LogP) is 1.16. The van der Waals surface area contributed by atoms with Crippen molar-refractivity contribution in [2.24, 2.45) is 0 Å². The Hall–Kier alpha value is -1.84. The molecule has 12 nitrogen and oxygen atoms in total. The third kappa shape index (κ3) is 16.5. The second kappa shape index (κ2) is 20.4. The molecule has 0 aliphatic carbocycles. The van der Waals surface area contributed by atoms with E-state index in [1.807, 2.05) is 18.2 Å². The van der Waals surface area contributed by atoms with Gasteiger partial charge in [-0.1, -0.05) is 6.07 Å². The van der Waals surface area contributed by atoms with Crippen molar-refractivity contribution in [3.05, 3.63) is 24.4 Å². The summed E-state index contributed by atoms with van der Waals surface area (Å²) in [7, 11) is 0. The summed E-state index contributed by atoms with van der Waals surface area (Å²) in [6, 6.07) is 5.72. The van der Waals surface area contributed by atoms with E-state index >= 15 is 0 Å². The highest BCUT2D eigenvalue weighted by Gasteiger charge is 2.18. The third-order valence-corrected chi connectivity index (χ3v) is 5.17. The van der Waals surface area contributed by atoms with Gasteiger partial charge in [-0.25, -0.2) is 14.7 Å². The van der Waals surface area contributed by atoms with Crippen LogP contribution < -0.4 is 5.32 Å². The number of nitrogens with zero attached hydrogens (tertiary/aromatic N) is 2. The lowest BCUT2D eigenvalue weighted by atomic mass is 10.3. The van der Waals surface area contributed by atoms with Gasteiger partial charge in [0.1, 0.15) is 18.6 Å². The summed E-state index contributed by atoms with van der Waals surface area (Å²) in [5.74, 6) is 0.247. The van der Waals surface area contributed by atoms with Gasteiger partial charge in [-0.05, 0) is 18.6 Å². The highest BCUT2D eigenvalue weighted by atomic mass is 32.2. The Bertz CT molecular complexity index is 681. The predicted molar refractivity (Wildman–Crippen MR) is 125 cm³/mol. The van der Waals surface area contributed by atoms with Crippen LogP contribution in [0.2, 0.25) is 0 Å².